The zero-order valence-electron chi connectivity index (χ0n) is 13.0. The van der Waals surface area contributed by atoms with Crippen molar-refractivity contribution >= 4 is 8.32 Å². The van der Waals surface area contributed by atoms with Crippen molar-refractivity contribution in [3.8, 4) is 12.3 Å². The molecule has 4 heteroatoms. The van der Waals surface area contributed by atoms with Gasteiger partial charge in [0.05, 0.1) is 12.7 Å². The minimum atomic E-state index is -1.69. The van der Waals surface area contributed by atoms with Gasteiger partial charge in [-0.15, -0.1) is 6.42 Å². The molecule has 1 heterocycles. The van der Waals surface area contributed by atoms with Gasteiger partial charge < -0.3 is 13.9 Å². The second-order valence-corrected chi connectivity index (χ2v) is 11.5. The quantitative estimate of drug-likeness (QED) is 0.441. The topological polar surface area (TPSA) is 27.7 Å². The maximum atomic E-state index is 6.44. The molecule has 1 fully saturated rings. The smallest absolute Gasteiger partial charge is 0.192 e. The molecule has 0 aromatic heterocycles. The highest BCUT2D eigenvalue weighted by atomic mass is 28.4. The molecule has 1 rings (SSSR count). The lowest BCUT2D eigenvalue weighted by Gasteiger charge is -2.41. The van der Waals surface area contributed by atoms with E-state index in [0.717, 1.165) is 19.4 Å². The average molecular weight is 284 g/mol. The molecule has 0 saturated carbocycles. The molecule has 0 N–H and O–H groups in total. The van der Waals surface area contributed by atoms with Crippen LogP contribution >= 0.6 is 0 Å². The van der Waals surface area contributed by atoms with E-state index in [2.05, 4.69) is 39.8 Å². The highest BCUT2D eigenvalue weighted by Gasteiger charge is 2.40. The first-order chi connectivity index (χ1) is 8.76. The van der Waals surface area contributed by atoms with Crippen LogP contribution in [0.25, 0.3) is 0 Å². The third-order valence-electron chi connectivity index (χ3n) is 4.08. The van der Waals surface area contributed by atoms with Crippen LogP contribution in [0.4, 0.5) is 0 Å². The van der Waals surface area contributed by atoms with Crippen LogP contribution in [0.15, 0.2) is 0 Å². The molecular weight excluding hydrogens is 256 g/mol. The Hall–Kier alpha value is -0.343. The second kappa shape index (κ2) is 6.89. The van der Waals surface area contributed by atoms with Gasteiger partial charge in [0.15, 0.2) is 8.32 Å². The molecule has 110 valence electrons. The lowest BCUT2D eigenvalue weighted by Crippen LogP contribution is -2.46. The average Bonchev–Trinajstić information content (AvgIpc) is 2.27. The van der Waals surface area contributed by atoms with Crippen LogP contribution in [0, 0.1) is 12.3 Å². The summed E-state index contributed by atoms with van der Waals surface area (Å²) in [6.07, 6.45) is 7.49. The van der Waals surface area contributed by atoms with Crippen LogP contribution < -0.4 is 0 Å². The van der Waals surface area contributed by atoms with E-state index < -0.39 is 8.32 Å². The Labute approximate surface area is 119 Å². The van der Waals surface area contributed by atoms with Crippen LogP contribution in [0.3, 0.4) is 0 Å². The third-order valence-corrected chi connectivity index (χ3v) is 8.61. The Morgan fingerprint density at radius 2 is 2.05 bits per heavy atom. The normalized spacial score (nSPS) is 25.1. The van der Waals surface area contributed by atoms with Crippen LogP contribution in [0.1, 0.15) is 33.6 Å². The molecule has 2 atom stereocenters. The first-order valence-corrected chi connectivity index (χ1v) is 9.98. The van der Waals surface area contributed by atoms with E-state index >= 15 is 0 Å². The summed E-state index contributed by atoms with van der Waals surface area (Å²) in [5, 5.41) is 0.251. The van der Waals surface area contributed by atoms with Crippen molar-refractivity contribution < 1.29 is 13.9 Å². The molecule has 19 heavy (non-hydrogen) atoms. The molecular formula is C15H28O3Si. The van der Waals surface area contributed by atoms with Gasteiger partial charge in [-0.05, 0) is 24.6 Å². The molecule has 0 aromatic carbocycles. The monoisotopic (exact) mass is 284 g/mol. The predicted molar refractivity (Wildman–Crippen MR) is 80.7 cm³/mol. The van der Waals surface area contributed by atoms with Gasteiger partial charge in [0.2, 0.25) is 0 Å². The van der Waals surface area contributed by atoms with Crippen LogP contribution in [0.5, 0.6) is 0 Å². The van der Waals surface area contributed by atoms with Crippen molar-refractivity contribution in [2.45, 2.75) is 64.0 Å². The summed E-state index contributed by atoms with van der Waals surface area (Å²) in [7, 11) is -1.69. The van der Waals surface area contributed by atoms with Crippen LogP contribution in [0.2, 0.25) is 18.1 Å². The van der Waals surface area contributed by atoms with Gasteiger partial charge in [-0.2, -0.15) is 0 Å². The third kappa shape index (κ3) is 5.27. The molecule has 0 aliphatic carbocycles. The molecule has 0 amide bonds. The zero-order valence-corrected chi connectivity index (χ0v) is 14.0. The van der Waals surface area contributed by atoms with Gasteiger partial charge in [-0.1, -0.05) is 26.7 Å². The fourth-order valence-corrected chi connectivity index (χ4v) is 3.31. The first kappa shape index (κ1) is 16.7. The summed E-state index contributed by atoms with van der Waals surface area (Å²) in [6.45, 7) is 13.1. The minimum Gasteiger partial charge on any atom is -0.414 e. The minimum absolute atomic E-state index is 0.122. The van der Waals surface area contributed by atoms with Gasteiger partial charge in [0.1, 0.15) is 6.61 Å². The highest BCUT2D eigenvalue weighted by Crippen LogP contribution is 2.38. The molecule has 1 aliphatic rings. The molecule has 2 unspecified atom stereocenters. The lowest BCUT2D eigenvalue weighted by atomic mass is 10.1. The maximum Gasteiger partial charge on any atom is 0.192 e. The van der Waals surface area contributed by atoms with Crippen molar-refractivity contribution in [2.75, 3.05) is 19.8 Å². The number of terminal acetylenes is 1. The summed E-state index contributed by atoms with van der Waals surface area (Å²) in [6, 6.07) is 0. The molecule has 1 aliphatic heterocycles. The summed E-state index contributed by atoms with van der Waals surface area (Å²) < 4.78 is 17.5. The molecule has 0 radical (unpaired) electrons. The maximum absolute atomic E-state index is 6.44. The van der Waals surface area contributed by atoms with Crippen molar-refractivity contribution in [3.63, 3.8) is 0 Å². The van der Waals surface area contributed by atoms with Gasteiger partial charge in [-0.25, -0.2) is 0 Å². The lowest BCUT2D eigenvalue weighted by molar-refractivity contribution is -0.0714. The summed E-state index contributed by atoms with van der Waals surface area (Å²) in [5.41, 5.74) is 0. The van der Waals surface area contributed by atoms with Crippen LogP contribution in [-0.2, 0) is 13.9 Å². The van der Waals surface area contributed by atoms with E-state index in [1.807, 2.05) is 0 Å². The summed E-state index contributed by atoms with van der Waals surface area (Å²) in [4.78, 5) is 0. The van der Waals surface area contributed by atoms with E-state index in [0.29, 0.717) is 19.3 Å². The van der Waals surface area contributed by atoms with Gasteiger partial charge in [-0.3, -0.25) is 0 Å². The van der Waals surface area contributed by atoms with Crippen molar-refractivity contribution in [1.29, 1.82) is 0 Å². The largest absolute Gasteiger partial charge is 0.414 e. The highest BCUT2D eigenvalue weighted by molar-refractivity contribution is 6.74. The second-order valence-electron chi connectivity index (χ2n) is 6.74. The number of hydrogen-bond acceptors (Lipinski definition) is 3. The summed E-state index contributed by atoms with van der Waals surface area (Å²) >= 11 is 0. The van der Waals surface area contributed by atoms with E-state index in [9.17, 15) is 0 Å². The number of rotatable bonds is 5. The molecule has 0 bridgehead atoms. The van der Waals surface area contributed by atoms with E-state index in [1.165, 1.54) is 0 Å². The van der Waals surface area contributed by atoms with Crippen molar-refractivity contribution in [3.05, 3.63) is 0 Å². The molecule has 0 aromatic rings. The first-order valence-electron chi connectivity index (χ1n) is 7.07. The fraction of sp³-hybridized carbons (Fsp3) is 0.867. The molecule has 0 spiro atoms. The van der Waals surface area contributed by atoms with Crippen LogP contribution in [-0.4, -0.2) is 40.3 Å². The Balaban J connectivity index is 2.45. The SMILES string of the molecule is C#CCOCC1CC(O[Si](C)(C)C(C)(C)C)CCO1. The fourth-order valence-electron chi connectivity index (χ4n) is 1.91. The molecule has 1 saturated heterocycles. The number of hydrogen-bond donors (Lipinski definition) is 0. The Bertz CT molecular complexity index is 314. The summed E-state index contributed by atoms with van der Waals surface area (Å²) in [5.74, 6) is 2.47. The van der Waals surface area contributed by atoms with Gasteiger partial charge >= 0.3 is 0 Å². The van der Waals surface area contributed by atoms with E-state index in [-0.39, 0.29) is 11.1 Å². The van der Waals surface area contributed by atoms with E-state index in [1.54, 1.807) is 0 Å². The van der Waals surface area contributed by atoms with E-state index in [4.69, 9.17) is 20.3 Å². The van der Waals surface area contributed by atoms with Gasteiger partial charge in [0, 0.05) is 19.1 Å². The zero-order chi connectivity index (χ0) is 14.5. The Kier molecular flexibility index (Phi) is 6.06. The molecule has 3 nitrogen and oxygen atoms in total. The van der Waals surface area contributed by atoms with Crippen molar-refractivity contribution in [1.82, 2.24) is 0 Å². The standard InChI is InChI=1S/C15H28O3Si/c1-7-9-16-12-14-11-13(8-10-17-14)18-19(5,6)15(2,3)4/h1,13-14H,8-12H2,2-6H3. The Morgan fingerprint density at radius 3 is 2.63 bits per heavy atom. The number of ether oxygens (including phenoxy) is 2. The Morgan fingerprint density at radius 1 is 1.37 bits per heavy atom. The predicted octanol–water partition coefficient (Wildman–Crippen LogP) is 3.21. The van der Waals surface area contributed by atoms with Crippen molar-refractivity contribution in [2.24, 2.45) is 0 Å². The van der Waals surface area contributed by atoms with Gasteiger partial charge in [0.25, 0.3) is 0 Å².